The summed E-state index contributed by atoms with van der Waals surface area (Å²) < 4.78 is 38.1. The zero-order chi connectivity index (χ0) is 22.3. The van der Waals surface area contributed by atoms with Gasteiger partial charge >= 0.3 is 12.1 Å². The third-order valence-electron chi connectivity index (χ3n) is 3.88. The molecule has 2 aromatic heterocycles. The molecule has 3 aromatic rings. The number of methoxy groups -OCH3 is 1. The minimum Gasteiger partial charge on any atom is -0.496 e. The lowest BCUT2D eigenvalue weighted by atomic mass is 10.1. The Morgan fingerprint density at radius 2 is 2.07 bits per heavy atom. The van der Waals surface area contributed by atoms with Crippen LogP contribution < -0.4 is 15.8 Å². The first-order chi connectivity index (χ1) is 14.2. The number of alkyl halides is 3. The van der Waals surface area contributed by atoms with E-state index in [9.17, 15) is 13.2 Å². The number of pyridine rings is 1. The summed E-state index contributed by atoms with van der Waals surface area (Å²) in [5, 5.41) is 22.4. The number of halogens is 3. The summed E-state index contributed by atoms with van der Waals surface area (Å²) in [5.74, 6) is -1.23. The van der Waals surface area contributed by atoms with Gasteiger partial charge in [0.2, 0.25) is 0 Å². The van der Waals surface area contributed by atoms with E-state index in [1.807, 2.05) is 35.7 Å². The summed E-state index contributed by atoms with van der Waals surface area (Å²) in [6.45, 7) is 0.520. The molecule has 0 aliphatic heterocycles. The van der Waals surface area contributed by atoms with E-state index in [-0.39, 0.29) is 6.04 Å². The Kier molecular flexibility index (Phi) is 7.57. The van der Waals surface area contributed by atoms with Crippen LogP contribution in [0.2, 0.25) is 0 Å². The Balaban J connectivity index is 0.000000396. The molecule has 0 bridgehead atoms. The maximum atomic E-state index is 10.6. The molecule has 1 atom stereocenters. The Morgan fingerprint density at radius 1 is 1.40 bits per heavy atom. The van der Waals surface area contributed by atoms with Crippen molar-refractivity contribution in [1.29, 1.82) is 5.26 Å². The molecule has 7 nitrogen and oxygen atoms in total. The SMILES string of the molecule is COc1ccccc1C(N)CNc1ncc(C#N)c2ccsc12.O=C(O)C(F)(F)F. The van der Waals surface area contributed by atoms with Crippen LogP contribution in [-0.4, -0.2) is 35.9 Å². The highest BCUT2D eigenvalue weighted by molar-refractivity contribution is 7.17. The molecule has 158 valence electrons. The fourth-order valence-corrected chi connectivity index (χ4v) is 3.35. The van der Waals surface area contributed by atoms with Crippen LogP contribution in [-0.2, 0) is 4.79 Å². The normalized spacial score (nSPS) is 11.7. The van der Waals surface area contributed by atoms with Gasteiger partial charge in [-0.3, -0.25) is 0 Å². The maximum Gasteiger partial charge on any atom is 0.490 e. The van der Waals surface area contributed by atoms with Crippen LogP contribution in [0.3, 0.4) is 0 Å². The smallest absolute Gasteiger partial charge is 0.490 e. The van der Waals surface area contributed by atoms with Crippen molar-refractivity contribution in [2.75, 3.05) is 19.0 Å². The van der Waals surface area contributed by atoms with Gasteiger partial charge in [0, 0.05) is 23.7 Å². The second-order valence-corrected chi connectivity index (χ2v) is 6.74. The van der Waals surface area contributed by atoms with Gasteiger partial charge in [-0.25, -0.2) is 9.78 Å². The third kappa shape index (κ3) is 5.59. The number of carbonyl (C=O) groups is 1. The Bertz CT molecular complexity index is 1060. The molecule has 2 heterocycles. The van der Waals surface area contributed by atoms with Crippen molar-refractivity contribution in [2.45, 2.75) is 12.2 Å². The van der Waals surface area contributed by atoms with E-state index >= 15 is 0 Å². The molecule has 0 radical (unpaired) electrons. The molecular formula is C19H17F3N4O3S. The van der Waals surface area contributed by atoms with Gasteiger partial charge in [-0.15, -0.1) is 11.3 Å². The van der Waals surface area contributed by atoms with Crippen molar-refractivity contribution < 1.29 is 27.8 Å². The lowest BCUT2D eigenvalue weighted by molar-refractivity contribution is -0.192. The van der Waals surface area contributed by atoms with Crippen molar-refractivity contribution in [3.63, 3.8) is 0 Å². The van der Waals surface area contributed by atoms with Gasteiger partial charge in [0.1, 0.15) is 17.6 Å². The third-order valence-corrected chi connectivity index (χ3v) is 4.81. The van der Waals surface area contributed by atoms with Gasteiger partial charge in [-0.05, 0) is 17.5 Å². The number of para-hydroxylation sites is 1. The minimum atomic E-state index is -5.08. The van der Waals surface area contributed by atoms with Crippen molar-refractivity contribution in [2.24, 2.45) is 5.73 Å². The van der Waals surface area contributed by atoms with E-state index in [4.69, 9.17) is 25.6 Å². The molecule has 0 spiro atoms. The summed E-state index contributed by atoms with van der Waals surface area (Å²) in [5.41, 5.74) is 7.80. The number of aromatic nitrogens is 1. The average Bonchev–Trinajstić information content (AvgIpc) is 3.21. The first-order valence-corrected chi connectivity index (χ1v) is 9.25. The number of anilines is 1. The number of aliphatic carboxylic acids is 1. The Labute approximate surface area is 173 Å². The molecule has 1 aromatic carbocycles. The zero-order valence-corrected chi connectivity index (χ0v) is 16.4. The zero-order valence-electron chi connectivity index (χ0n) is 15.6. The van der Waals surface area contributed by atoms with E-state index in [0.717, 1.165) is 27.2 Å². The molecule has 1 unspecified atom stereocenters. The van der Waals surface area contributed by atoms with Crippen LogP contribution in [0.25, 0.3) is 10.1 Å². The largest absolute Gasteiger partial charge is 0.496 e. The second-order valence-electron chi connectivity index (χ2n) is 5.83. The van der Waals surface area contributed by atoms with E-state index in [1.165, 1.54) is 0 Å². The standard InChI is InChI=1S/C17H16N4OS.C2HF3O2/c1-22-15-5-3-2-4-13(15)14(19)10-21-17-16-12(6-7-23-16)11(8-18)9-20-17;3-2(4,5)1(6)7/h2-7,9,14H,10,19H2,1H3,(H,20,21);(H,6,7). The lowest BCUT2D eigenvalue weighted by Crippen LogP contribution is -2.21. The number of ether oxygens (including phenoxy) is 1. The van der Waals surface area contributed by atoms with Crippen LogP contribution in [0, 0.1) is 11.3 Å². The Morgan fingerprint density at radius 3 is 2.67 bits per heavy atom. The number of nitriles is 1. The molecule has 11 heteroatoms. The van der Waals surface area contributed by atoms with E-state index in [0.29, 0.717) is 12.1 Å². The monoisotopic (exact) mass is 438 g/mol. The first kappa shape index (κ1) is 22.9. The fraction of sp³-hybridized carbons (Fsp3) is 0.211. The van der Waals surface area contributed by atoms with Gasteiger partial charge in [-0.1, -0.05) is 18.2 Å². The molecule has 0 aliphatic rings. The van der Waals surface area contributed by atoms with Crippen molar-refractivity contribution >= 4 is 33.2 Å². The summed E-state index contributed by atoms with van der Waals surface area (Å²) in [6.07, 6.45) is -3.49. The minimum absolute atomic E-state index is 0.224. The molecule has 0 fully saturated rings. The number of nitrogens with two attached hydrogens (primary N) is 1. The average molecular weight is 438 g/mol. The number of rotatable bonds is 5. The van der Waals surface area contributed by atoms with Crippen LogP contribution >= 0.6 is 11.3 Å². The number of carboxylic acid groups (broad SMARTS) is 1. The van der Waals surface area contributed by atoms with Crippen molar-refractivity contribution in [3.8, 4) is 11.8 Å². The molecule has 30 heavy (non-hydrogen) atoms. The molecule has 0 aliphatic carbocycles. The molecule has 0 saturated heterocycles. The Hall–Kier alpha value is -3.36. The van der Waals surface area contributed by atoms with Crippen molar-refractivity contribution in [1.82, 2.24) is 4.98 Å². The van der Waals surface area contributed by atoms with Crippen LogP contribution in [0.4, 0.5) is 19.0 Å². The molecule has 4 N–H and O–H groups in total. The summed E-state index contributed by atoms with van der Waals surface area (Å²) in [7, 11) is 1.64. The van der Waals surface area contributed by atoms with Gasteiger partial charge < -0.3 is 20.9 Å². The quantitative estimate of drug-likeness (QED) is 0.552. The van der Waals surface area contributed by atoms with Gasteiger partial charge in [0.05, 0.1) is 23.4 Å². The summed E-state index contributed by atoms with van der Waals surface area (Å²) in [6, 6.07) is 11.6. The van der Waals surface area contributed by atoms with Crippen LogP contribution in [0.5, 0.6) is 5.75 Å². The van der Waals surface area contributed by atoms with Gasteiger partial charge in [0.15, 0.2) is 0 Å². The number of nitrogens with zero attached hydrogens (tertiary/aromatic N) is 2. The number of nitrogens with one attached hydrogen (secondary N) is 1. The number of fused-ring (bicyclic) bond motifs is 1. The number of hydrogen-bond acceptors (Lipinski definition) is 7. The number of hydrogen-bond donors (Lipinski definition) is 3. The van der Waals surface area contributed by atoms with Crippen LogP contribution in [0.15, 0.2) is 41.9 Å². The molecular weight excluding hydrogens is 421 g/mol. The first-order valence-electron chi connectivity index (χ1n) is 8.37. The number of carboxylic acids is 1. The topological polar surface area (TPSA) is 121 Å². The predicted octanol–water partition coefficient (Wildman–Crippen LogP) is 3.92. The van der Waals surface area contributed by atoms with E-state index in [2.05, 4.69) is 16.4 Å². The molecule has 0 amide bonds. The van der Waals surface area contributed by atoms with E-state index < -0.39 is 12.1 Å². The van der Waals surface area contributed by atoms with Gasteiger partial charge in [-0.2, -0.15) is 18.4 Å². The fourth-order valence-electron chi connectivity index (χ4n) is 2.47. The van der Waals surface area contributed by atoms with E-state index in [1.54, 1.807) is 24.6 Å². The maximum absolute atomic E-state index is 10.6. The molecule has 3 rings (SSSR count). The highest BCUT2D eigenvalue weighted by atomic mass is 32.1. The number of thiophene rings is 1. The van der Waals surface area contributed by atoms with Crippen molar-refractivity contribution in [3.05, 3.63) is 53.0 Å². The van der Waals surface area contributed by atoms with Gasteiger partial charge in [0.25, 0.3) is 0 Å². The molecule has 0 saturated carbocycles. The van der Waals surface area contributed by atoms with Crippen LogP contribution in [0.1, 0.15) is 17.2 Å². The predicted molar refractivity (Wildman–Crippen MR) is 106 cm³/mol. The summed E-state index contributed by atoms with van der Waals surface area (Å²) in [4.78, 5) is 13.2. The number of benzene rings is 1. The lowest BCUT2D eigenvalue weighted by Gasteiger charge is -2.17. The highest BCUT2D eigenvalue weighted by Gasteiger charge is 2.38. The second kappa shape index (κ2) is 9.91. The summed E-state index contributed by atoms with van der Waals surface area (Å²) >= 11 is 1.56. The highest BCUT2D eigenvalue weighted by Crippen LogP contribution is 2.30.